The molecular formula is C13H16N4O. The number of aromatic amines is 1. The lowest BCUT2D eigenvalue weighted by Crippen LogP contribution is -2.18. The number of nitrogen functional groups attached to an aromatic ring is 1. The van der Waals surface area contributed by atoms with E-state index in [0.717, 1.165) is 18.5 Å². The molecule has 2 aromatic rings. The zero-order chi connectivity index (χ0) is 13.0. The SMILES string of the molecule is CCCNc1nc(-c2ccccc2)[nH]c(=O)c1N. The summed E-state index contributed by atoms with van der Waals surface area (Å²) in [7, 11) is 0. The van der Waals surface area contributed by atoms with Gasteiger partial charge in [0.2, 0.25) is 0 Å². The van der Waals surface area contributed by atoms with Crippen LogP contribution in [0.25, 0.3) is 11.4 Å². The van der Waals surface area contributed by atoms with Gasteiger partial charge in [-0.2, -0.15) is 0 Å². The van der Waals surface area contributed by atoms with Crippen LogP contribution < -0.4 is 16.6 Å². The number of hydrogen-bond acceptors (Lipinski definition) is 4. The Bertz CT molecular complexity index is 577. The number of aromatic nitrogens is 2. The number of nitrogens with one attached hydrogen (secondary N) is 2. The highest BCUT2D eigenvalue weighted by molar-refractivity contribution is 5.65. The van der Waals surface area contributed by atoms with Crippen LogP contribution in [0.1, 0.15) is 13.3 Å². The zero-order valence-corrected chi connectivity index (χ0v) is 10.2. The molecule has 5 heteroatoms. The average Bonchev–Trinajstić information content (AvgIpc) is 2.41. The van der Waals surface area contributed by atoms with E-state index in [2.05, 4.69) is 15.3 Å². The van der Waals surface area contributed by atoms with Gasteiger partial charge < -0.3 is 16.0 Å². The third-order valence-corrected chi connectivity index (χ3v) is 2.54. The summed E-state index contributed by atoms with van der Waals surface area (Å²) in [6.45, 7) is 2.77. The summed E-state index contributed by atoms with van der Waals surface area (Å²) in [6.07, 6.45) is 0.939. The van der Waals surface area contributed by atoms with Crippen molar-refractivity contribution in [1.82, 2.24) is 9.97 Å². The highest BCUT2D eigenvalue weighted by Gasteiger charge is 2.08. The molecule has 1 aromatic carbocycles. The molecule has 0 spiro atoms. The van der Waals surface area contributed by atoms with Gasteiger partial charge in [-0.3, -0.25) is 4.79 Å². The van der Waals surface area contributed by atoms with Gasteiger partial charge in [0, 0.05) is 12.1 Å². The zero-order valence-electron chi connectivity index (χ0n) is 10.2. The number of nitrogens with two attached hydrogens (primary N) is 1. The maximum atomic E-state index is 11.7. The topological polar surface area (TPSA) is 83.8 Å². The second-order valence-electron chi connectivity index (χ2n) is 3.97. The van der Waals surface area contributed by atoms with Crippen molar-refractivity contribution in [1.29, 1.82) is 0 Å². The minimum atomic E-state index is -0.317. The quantitative estimate of drug-likeness (QED) is 0.766. The molecule has 1 heterocycles. The summed E-state index contributed by atoms with van der Waals surface area (Å²) in [6, 6.07) is 9.47. The van der Waals surface area contributed by atoms with Gasteiger partial charge in [-0.05, 0) is 6.42 Å². The van der Waals surface area contributed by atoms with Crippen LogP contribution in [0.2, 0.25) is 0 Å². The lowest BCUT2D eigenvalue weighted by molar-refractivity contribution is 0.964. The molecule has 0 bridgehead atoms. The first kappa shape index (κ1) is 12.2. The predicted octanol–water partition coefficient (Wildman–Crippen LogP) is 1.84. The average molecular weight is 244 g/mol. The Kier molecular flexibility index (Phi) is 3.62. The Labute approximate surface area is 105 Å². The van der Waals surface area contributed by atoms with Crippen LogP contribution in [0.3, 0.4) is 0 Å². The molecule has 0 atom stereocenters. The summed E-state index contributed by atoms with van der Waals surface area (Å²) in [5.74, 6) is 0.966. The van der Waals surface area contributed by atoms with Gasteiger partial charge in [-0.1, -0.05) is 37.3 Å². The standard InChI is InChI=1S/C13H16N4O/c1-2-8-15-12-10(14)13(18)17-11(16-12)9-6-4-3-5-7-9/h3-7H,2,8,14H2,1H3,(H2,15,16,17,18). The fourth-order valence-corrected chi connectivity index (χ4v) is 1.59. The van der Waals surface area contributed by atoms with E-state index < -0.39 is 0 Å². The van der Waals surface area contributed by atoms with E-state index in [0.29, 0.717) is 11.6 Å². The lowest BCUT2D eigenvalue weighted by atomic mass is 10.2. The van der Waals surface area contributed by atoms with Crippen molar-refractivity contribution >= 4 is 11.5 Å². The van der Waals surface area contributed by atoms with E-state index in [1.165, 1.54) is 0 Å². The minimum absolute atomic E-state index is 0.128. The van der Waals surface area contributed by atoms with E-state index in [4.69, 9.17) is 5.73 Å². The maximum absolute atomic E-state index is 11.7. The van der Waals surface area contributed by atoms with E-state index in [-0.39, 0.29) is 11.2 Å². The molecule has 0 unspecified atom stereocenters. The molecular weight excluding hydrogens is 228 g/mol. The van der Waals surface area contributed by atoms with Crippen molar-refractivity contribution in [3.63, 3.8) is 0 Å². The van der Waals surface area contributed by atoms with Crippen molar-refractivity contribution in [2.45, 2.75) is 13.3 Å². The third-order valence-electron chi connectivity index (χ3n) is 2.54. The first-order chi connectivity index (χ1) is 8.72. The second-order valence-corrected chi connectivity index (χ2v) is 3.97. The number of hydrogen-bond donors (Lipinski definition) is 3. The number of rotatable bonds is 4. The van der Waals surface area contributed by atoms with E-state index in [1.54, 1.807) is 0 Å². The number of benzene rings is 1. The van der Waals surface area contributed by atoms with Gasteiger partial charge in [0.05, 0.1) is 0 Å². The van der Waals surface area contributed by atoms with Crippen LogP contribution >= 0.6 is 0 Å². The van der Waals surface area contributed by atoms with Crippen molar-refractivity contribution in [3.8, 4) is 11.4 Å². The predicted molar refractivity (Wildman–Crippen MR) is 73.5 cm³/mol. The molecule has 5 nitrogen and oxygen atoms in total. The molecule has 2 rings (SSSR count). The van der Waals surface area contributed by atoms with Gasteiger partial charge in [-0.15, -0.1) is 0 Å². The van der Waals surface area contributed by atoms with Crippen LogP contribution in [0, 0.1) is 0 Å². The monoisotopic (exact) mass is 244 g/mol. The van der Waals surface area contributed by atoms with Gasteiger partial charge >= 0.3 is 0 Å². The highest BCUT2D eigenvalue weighted by Crippen LogP contribution is 2.17. The number of anilines is 2. The molecule has 4 N–H and O–H groups in total. The molecule has 0 aliphatic carbocycles. The third kappa shape index (κ3) is 2.51. The van der Waals surface area contributed by atoms with E-state index >= 15 is 0 Å². The number of nitrogens with zero attached hydrogens (tertiary/aromatic N) is 1. The van der Waals surface area contributed by atoms with Crippen LogP contribution in [-0.4, -0.2) is 16.5 Å². The molecule has 18 heavy (non-hydrogen) atoms. The molecule has 0 saturated heterocycles. The van der Waals surface area contributed by atoms with Crippen LogP contribution in [-0.2, 0) is 0 Å². The van der Waals surface area contributed by atoms with Crippen molar-refractivity contribution < 1.29 is 0 Å². The molecule has 1 aromatic heterocycles. The van der Waals surface area contributed by atoms with Gasteiger partial charge in [0.1, 0.15) is 11.5 Å². The lowest BCUT2D eigenvalue weighted by Gasteiger charge is -2.08. The highest BCUT2D eigenvalue weighted by atomic mass is 16.1. The first-order valence-electron chi connectivity index (χ1n) is 5.91. The van der Waals surface area contributed by atoms with Crippen molar-refractivity contribution in [2.24, 2.45) is 0 Å². The molecule has 0 fully saturated rings. The molecule has 94 valence electrons. The largest absolute Gasteiger partial charge is 0.391 e. The normalized spacial score (nSPS) is 10.3. The Balaban J connectivity index is 2.44. The van der Waals surface area contributed by atoms with E-state index in [1.807, 2.05) is 37.3 Å². The summed E-state index contributed by atoms with van der Waals surface area (Å²) in [5, 5.41) is 3.06. The summed E-state index contributed by atoms with van der Waals surface area (Å²) in [5.41, 5.74) is 6.37. The van der Waals surface area contributed by atoms with Crippen LogP contribution in [0.4, 0.5) is 11.5 Å². The molecule has 0 aliphatic rings. The van der Waals surface area contributed by atoms with Gasteiger partial charge in [0.25, 0.3) is 5.56 Å². The molecule has 0 aliphatic heterocycles. The van der Waals surface area contributed by atoms with Crippen molar-refractivity contribution in [3.05, 3.63) is 40.7 Å². The summed E-state index contributed by atoms with van der Waals surface area (Å²) >= 11 is 0. The Morgan fingerprint density at radius 2 is 2.06 bits per heavy atom. The first-order valence-corrected chi connectivity index (χ1v) is 5.91. The smallest absolute Gasteiger partial charge is 0.276 e. The molecule has 0 saturated carbocycles. The Morgan fingerprint density at radius 1 is 1.33 bits per heavy atom. The fraction of sp³-hybridized carbons (Fsp3) is 0.231. The van der Waals surface area contributed by atoms with Gasteiger partial charge in [0.15, 0.2) is 5.82 Å². The maximum Gasteiger partial charge on any atom is 0.276 e. The van der Waals surface area contributed by atoms with Crippen LogP contribution in [0.15, 0.2) is 35.1 Å². The van der Waals surface area contributed by atoms with Crippen molar-refractivity contribution in [2.75, 3.05) is 17.6 Å². The van der Waals surface area contributed by atoms with E-state index in [9.17, 15) is 4.79 Å². The minimum Gasteiger partial charge on any atom is -0.391 e. The Hall–Kier alpha value is -2.30. The summed E-state index contributed by atoms with van der Waals surface area (Å²) < 4.78 is 0. The molecule has 0 radical (unpaired) electrons. The van der Waals surface area contributed by atoms with Crippen LogP contribution in [0.5, 0.6) is 0 Å². The molecule has 0 amide bonds. The number of H-pyrrole nitrogens is 1. The van der Waals surface area contributed by atoms with Gasteiger partial charge in [-0.25, -0.2) is 4.98 Å². The summed E-state index contributed by atoms with van der Waals surface area (Å²) in [4.78, 5) is 18.8. The fourth-order valence-electron chi connectivity index (χ4n) is 1.59. The second kappa shape index (κ2) is 5.35. The Morgan fingerprint density at radius 3 is 2.72 bits per heavy atom.